The molecule has 1 heterocycles. The Morgan fingerprint density at radius 2 is 2.26 bits per heavy atom. The molecule has 5 heteroatoms. The number of hydrogen-bond donors (Lipinski definition) is 2. The molecule has 4 nitrogen and oxygen atoms in total. The van der Waals surface area contributed by atoms with Crippen LogP contribution in [0.25, 0.3) is 0 Å². The number of hydrogen-bond acceptors (Lipinski definition) is 3. The third-order valence-electron chi connectivity index (χ3n) is 3.49. The van der Waals surface area contributed by atoms with E-state index in [1.54, 1.807) is 18.3 Å². The first kappa shape index (κ1) is 15.8. The average Bonchev–Trinajstić information content (AvgIpc) is 2.32. The van der Waals surface area contributed by atoms with E-state index < -0.39 is 0 Å². The number of aromatic nitrogens is 1. The molecule has 0 aliphatic heterocycles. The lowest BCUT2D eigenvalue weighted by Gasteiger charge is -2.27. The van der Waals surface area contributed by atoms with E-state index in [1.165, 1.54) is 12.8 Å². The second-order valence-corrected chi connectivity index (χ2v) is 5.30. The van der Waals surface area contributed by atoms with Gasteiger partial charge >= 0.3 is 0 Å². The molecule has 1 aromatic rings. The molecule has 19 heavy (non-hydrogen) atoms. The highest BCUT2D eigenvalue weighted by Crippen LogP contribution is 2.23. The number of nitrogens with one attached hydrogen (secondary N) is 1. The molecule has 1 saturated carbocycles. The number of rotatable bonds is 3. The van der Waals surface area contributed by atoms with Gasteiger partial charge in [0.2, 0.25) is 5.91 Å². The van der Waals surface area contributed by atoms with Crippen LogP contribution in [0.15, 0.2) is 18.3 Å². The Balaban J connectivity index is 0.00000180. The largest absolute Gasteiger partial charge is 0.397 e. The third kappa shape index (κ3) is 5.07. The van der Waals surface area contributed by atoms with Crippen LogP contribution in [-0.4, -0.2) is 16.9 Å². The van der Waals surface area contributed by atoms with Crippen molar-refractivity contribution in [2.24, 2.45) is 5.92 Å². The zero-order valence-corrected chi connectivity index (χ0v) is 12.1. The molecule has 0 radical (unpaired) electrons. The van der Waals surface area contributed by atoms with Gasteiger partial charge in [-0.3, -0.25) is 9.78 Å². The standard InChI is InChI=1S/C14H21N3O.ClH/c1-10-3-2-4-13(7-10)17-14(18)8-12-6-5-11(15)9-16-12;/h5-6,9-10,13H,2-4,7-8,15H2,1H3,(H,17,18);1H. The molecule has 0 aromatic carbocycles. The predicted octanol–water partition coefficient (Wildman–Crippen LogP) is 2.32. The van der Waals surface area contributed by atoms with Gasteiger partial charge < -0.3 is 11.1 Å². The molecule has 106 valence electrons. The molecular formula is C14H22ClN3O. The molecule has 1 fully saturated rings. The van der Waals surface area contributed by atoms with Gasteiger partial charge in [-0.25, -0.2) is 0 Å². The van der Waals surface area contributed by atoms with E-state index in [1.807, 2.05) is 0 Å². The smallest absolute Gasteiger partial charge is 0.226 e. The van der Waals surface area contributed by atoms with E-state index in [9.17, 15) is 4.79 Å². The summed E-state index contributed by atoms with van der Waals surface area (Å²) in [6.45, 7) is 2.25. The van der Waals surface area contributed by atoms with Crippen molar-refractivity contribution in [1.82, 2.24) is 10.3 Å². The Morgan fingerprint density at radius 1 is 1.47 bits per heavy atom. The van der Waals surface area contributed by atoms with Gasteiger partial charge in [-0.05, 0) is 30.9 Å². The number of nitrogens with two attached hydrogens (primary N) is 1. The van der Waals surface area contributed by atoms with Crippen LogP contribution in [0, 0.1) is 5.92 Å². The minimum atomic E-state index is 0. The molecule has 0 saturated heterocycles. The van der Waals surface area contributed by atoms with Crippen LogP contribution in [0.2, 0.25) is 0 Å². The van der Waals surface area contributed by atoms with E-state index in [2.05, 4.69) is 17.2 Å². The van der Waals surface area contributed by atoms with E-state index in [0.717, 1.165) is 24.5 Å². The summed E-state index contributed by atoms with van der Waals surface area (Å²) in [5, 5.41) is 3.10. The number of anilines is 1. The molecule has 0 spiro atoms. The Hall–Kier alpha value is -1.29. The molecule has 2 rings (SSSR count). The number of carbonyl (C=O) groups excluding carboxylic acids is 1. The van der Waals surface area contributed by atoms with Crippen molar-refractivity contribution in [2.45, 2.75) is 45.1 Å². The highest BCUT2D eigenvalue weighted by Gasteiger charge is 2.20. The van der Waals surface area contributed by atoms with Crippen LogP contribution in [-0.2, 0) is 11.2 Å². The van der Waals surface area contributed by atoms with Crippen molar-refractivity contribution >= 4 is 24.0 Å². The molecule has 1 aliphatic rings. The van der Waals surface area contributed by atoms with Gasteiger partial charge in [-0.1, -0.05) is 19.8 Å². The van der Waals surface area contributed by atoms with Crippen LogP contribution in [0.5, 0.6) is 0 Å². The number of nitrogens with zero attached hydrogens (tertiary/aromatic N) is 1. The summed E-state index contributed by atoms with van der Waals surface area (Å²) in [5.41, 5.74) is 6.95. The fraction of sp³-hybridized carbons (Fsp3) is 0.571. The van der Waals surface area contributed by atoms with Crippen molar-refractivity contribution in [3.8, 4) is 0 Å². The molecular weight excluding hydrogens is 262 g/mol. The molecule has 0 bridgehead atoms. The Kier molecular flexibility index (Phi) is 6.09. The van der Waals surface area contributed by atoms with Gasteiger partial charge in [-0.15, -0.1) is 12.4 Å². The van der Waals surface area contributed by atoms with Gasteiger partial charge in [0.05, 0.1) is 18.3 Å². The SMILES string of the molecule is CC1CCCC(NC(=O)Cc2ccc(N)cn2)C1.Cl. The molecule has 1 aromatic heterocycles. The lowest BCUT2D eigenvalue weighted by Crippen LogP contribution is -2.38. The predicted molar refractivity (Wildman–Crippen MR) is 79.2 cm³/mol. The number of carbonyl (C=O) groups is 1. The summed E-state index contributed by atoms with van der Waals surface area (Å²) in [5.74, 6) is 0.782. The second-order valence-electron chi connectivity index (χ2n) is 5.30. The Bertz CT molecular complexity index is 408. The molecule has 2 atom stereocenters. The molecule has 1 amide bonds. The van der Waals surface area contributed by atoms with E-state index in [0.29, 0.717) is 18.2 Å². The second kappa shape index (κ2) is 7.34. The lowest BCUT2D eigenvalue weighted by molar-refractivity contribution is -0.121. The van der Waals surface area contributed by atoms with Crippen LogP contribution in [0.1, 0.15) is 38.3 Å². The number of pyridine rings is 1. The van der Waals surface area contributed by atoms with Crippen LogP contribution in [0.4, 0.5) is 5.69 Å². The van der Waals surface area contributed by atoms with Gasteiger partial charge in [0.1, 0.15) is 0 Å². The fourth-order valence-corrected chi connectivity index (χ4v) is 2.55. The first-order chi connectivity index (χ1) is 8.63. The zero-order chi connectivity index (χ0) is 13.0. The summed E-state index contributed by atoms with van der Waals surface area (Å²) in [4.78, 5) is 16.0. The van der Waals surface area contributed by atoms with Gasteiger partial charge in [-0.2, -0.15) is 0 Å². The maximum Gasteiger partial charge on any atom is 0.226 e. The summed E-state index contributed by atoms with van der Waals surface area (Å²) < 4.78 is 0. The van der Waals surface area contributed by atoms with Crippen molar-refractivity contribution in [3.05, 3.63) is 24.0 Å². The minimum Gasteiger partial charge on any atom is -0.397 e. The van der Waals surface area contributed by atoms with E-state index in [-0.39, 0.29) is 18.3 Å². The monoisotopic (exact) mass is 283 g/mol. The summed E-state index contributed by atoms with van der Waals surface area (Å²) in [6, 6.07) is 3.92. The Labute approximate surface area is 120 Å². The average molecular weight is 284 g/mol. The first-order valence-corrected chi connectivity index (χ1v) is 6.63. The van der Waals surface area contributed by atoms with Gasteiger partial charge in [0.25, 0.3) is 0 Å². The summed E-state index contributed by atoms with van der Waals surface area (Å²) in [7, 11) is 0. The third-order valence-corrected chi connectivity index (χ3v) is 3.49. The quantitative estimate of drug-likeness (QED) is 0.894. The minimum absolute atomic E-state index is 0. The van der Waals surface area contributed by atoms with Gasteiger partial charge in [0.15, 0.2) is 0 Å². The van der Waals surface area contributed by atoms with Crippen molar-refractivity contribution in [3.63, 3.8) is 0 Å². The first-order valence-electron chi connectivity index (χ1n) is 6.63. The highest BCUT2D eigenvalue weighted by atomic mass is 35.5. The molecule has 3 N–H and O–H groups in total. The van der Waals surface area contributed by atoms with E-state index in [4.69, 9.17) is 5.73 Å². The molecule has 2 unspecified atom stereocenters. The van der Waals surface area contributed by atoms with Crippen molar-refractivity contribution in [2.75, 3.05) is 5.73 Å². The maximum absolute atomic E-state index is 11.9. The highest BCUT2D eigenvalue weighted by molar-refractivity contribution is 5.85. The van der Waals surface area contributed by atoms with Crippen LogP contribution in [0.3, 0.4) is 0 Å². The number of amides is 1. The number of halogens is 1. The Morgan fingerprint density at radius 3 is 2.89 bits per heavy atom. The normalized spacial score (nSPS) is 22.4. The lowest BCUT2D eigenvalue weighted by atomic mass is 9.87. The fourth-order valence-electron chi connectivity index (χ4n) is 2.55. The van der Waals surface area contributed by atoms with Crippen molar-refractivity contribution < 1.29 is 4.79 Å². The maximum atomic E-state index is 11.9. The number of nitrogen functional groups attached to an aromatic ring is 1. The topological polar surface area (TPSA) is 68.0 Å². The summed E-state index contributed by atoms with van der Waals surface area (Å²) >= 11 is 0. The summed E-state index contributed by atoms with van der Waals surface area (Å²) in [6.07, 6.45) is 6.63. The van der Waals surface area contributed by atoms with Crippen LogP contribution >= 0.6 is 12.4 Å². The van der Waals surface area contributed by atoms with E-state index >= 15 is 0 Å². The molecule has 1 aliphatic carbocycles. The van der Waals surface area contributed by atoms with Crippen LogP contribution < -0.4 is 11.1 Å². The van der Waals surface area contributed by atoms with Gasteiger partial charge in [0, 0.05) is 11.7 Å². The van der Waals surface area contributed by atoms with Crippen molar-refractivity contribution in [1.29, 1.82) is 0 Å². The zero-order valence-electron chi connectivity index (χ0n) is 11.3.